The number of nitrogens with zero attached hydrogens (tertiary/aromatic N) is 2. The van der Waals surface area contributed by atoms with Crippen LogP contribution in [0.15, 0.2) is 23.3 Å². The molecule has 72 valence electrons. The lowest BCUT2D eigenvalue weighted by Crippen LogP contribution is -2.04. The molecule has 0 saturated carbocycles. The van der Waals surface area contributed by atoms with Crippen LogP contribution in [-0.2, 0) is 12.8 Å². The average Bonchev–Trinajstić information content (AvgIpc) is 2.88. The summed E-state index contributed by atoms with van der Waals surface area (Å²) in [5.74, 6) is 1.00. The predicted octanol–water partition coefficient (Wildman–Crippen LogP) is 2.63. The van der Waals surface area contributed by atoms with E-state index in [0.29, 0.717) is 0 Å². The van der Waals surface area contributed by atoms with E-state index in [4.69, 9.17) is 0 Å². The molecule has 0 atom stereocenters. The molecule has 0 N–H and O–H groups in total. The molecule has 0 unspecified atom stereocenters. The fourth-order valence-electron chi connectivity index (χ4n) is 2.16. The lowest BCUT2D eigenvalue weighted by atomic mass is 10.1. The van der Waals surface area contributed by atoms with E-state index < -0.39 is 0 Å². The summed E-state index contributed by atoms with van der Waals surface area (Å²) in [4.78, 5) is 0. The zero-order chi connectivity index (χ0) is 9.38. The maximum Gasteiger partial charge on any atom is 0.0757 e. The molecular weight excluding hydrogens is 192 g/mol. The van der Waals surface area contributed by atoms with Crippen LogP contribution in [-0.4, -0.2) is 12.0 Å². The van der Waals surface area contributed by atoms with Gasteiger partial charge in [-0.3, -0.25) is 0 Å². The second kappa shape index (κ2) is 3.31. The number of aryl methyl sites for hydroxylation is 1. The van der Waals surface area contributed by atoms with Crippen LogP contribution in [0.3, 0.4) is 0 Å². The summed E-state index contributed by atoms with van der Waals surface area (Å²) in [6, 6.07) is 6.57. The van der Waals surface area contributed by atoms with E-state index in [1.54, 1.807) is 11.9 Å². The summed E-state index contributed by atoms with van der Waals surface area (Å²) < 4.78 is 2.06. The highest BCUT2D eigenvalue weighted by Crippen LogP contribution is 2.35. The van der Waals surface area contributed by atoms with E-state index in [1.165, 1.54) is 36.1 Å². The molecule has 1 aromatic rings. The van der Waals surface area contributed by atoms with E-state index in [0.717, 1.165) is 5.75 Å². The van der Waals surface area contributed by atoms with Crippen LogP contribution in [0.25, 0.3) is 0 Å². The van der Waals surface area contributed by atoms with Crippen LogP contribution in [0, 0.1) is 0 Å². The largest absolute Gasteiger partial charge is 0.207 e. The summed E-state index contributed by atoms with van der Waals surface area (Å²) in [6.45, 7) is 0. The van der Waals surface area contributed by atoms with Crippen LogP contribution in [0.5, 0.6) is 0 Å². The van der Waals surface area contributed by atoms with Crippen molar-refractivity contribution in [2.24, 2.45) is 5.10 Å². The number of hydrogen-bond acceptors (Lipinski definition) is 3. The van der Waals surface area contributed by atoms with Gasteiger partial charge in [0.2, 0.25) is 0 Å². The third kappa shape index (κ3) is 1.23. The molecule has 1 heterocycles. The average molecular weight is 204 g/mol. The van der Waals surface area contributed by atoms with Crippen molar-refractivity contribution in [2.75, 3.05) is 10.2 Å². The molecule has 0 bridgehead atoms. The Morgan fingerprint density at radius 3 is 3.14 bits per heavy atom. The van der Waals surface area contributed by atoms with Gasteiger partial charge < -0.3 is 0 Å². The first-order valence-corrected chi connectivity index (χ1v) is 5.95. The minimum Gasteiger partial charge on any atom is -0.207 e. The minimum absolute atomic E-state index is 1.00. The standard InChI is InChI=1S/C11H12N2S/c1-3-9-4-2-6-11(10(9)5-1)13-12-7-8-14-13/h2,4,6-7H,1,3,5,8H2. The number of anilines is 1. The van der Waals surface area contributed by atoms with Crippen molar-refractivity contribution in [3.63, 3.8) is 0 Å². The van der Waals surface area contributed by atoms with Crippen LogP contribution >= 0.6 is 11.9 Å². The highest BCUT2D eigenvalue weighted by molar-refractivity contribution is 8.01. The summed E-state index contributed by atoms with van der Waals surface area (Å²) >= 11 is 1.77. The van der Waals surface area contributed by atoms with Crippen LogP contribution < -0.4 is 4.41 Å². The topological polar surface area (TPSA) is 15.6 Å². The second-order valence-corrected chi connectivity index (χ2v) is 4.57. The maximum atomic E-state index is 4.35. The first-order valence-electron chi connectivity index (χ1n) is 5.01. The predicted molar refractivity (Wildman–Crippen MR) is 61.9 cm³/mol. The smallest absolute Gasteiger partial charge is 0.0757 e. The van der Waals surface area contributed by atoms with Crippen LogP contribution in [0.1, 0.15) is 17.5 Å². The normalized spacial score (nSPS) is 19.0. The van der Waals surface area contributed by atoms with Crippen molar-refractivity contribution in [2.45, 2.75) is 19.3 Å². The summed E-state index contributed by atoms with van der Waals surface area (Å²) in [6.07, 6.45) is 5.73. The fraction of sp³-hybridized carbons (Fsp3) is 0.364. The minimum atomic E-state index is 1.00. The highest BCUT2D eigenvalue weighted by atomic mass is 32.2. The first-order chi connectivity index (χ1) is 6.95. The third-order valence-corrected chi connectivity index (χ3v) is 3.62. The highest BCUT2D eigenvalue weighted by Gasteiger charge is 2.19. The molecule has 3 heteroatoms. The number of hydrazone groups is 1. The monoisotopic (exact) mass is 204 g/mol. The molecule has 1 aliphatic carbocycles. The Morgan fingerprint density at radius 2 is 2.29 bits per heavy atom. The first kappa shape index (κ1) is 8.36. The van der Waals surface area contributed by atoms with Gasteiger partial charge in [-0.25, -0.2) is 4.41 Å². The SMILES string of the molecule is C1=NN(c2cccc3c2CCC3)SC1. The molecule has 0 aromatic heterocycles. The van der Waals surface area contributed by atoms with E-state index in [9.17, 15) is 0 Å². The van der Waals surface area contributed by atoms with Gasteiger partial charge in [0, 0.05) is 6.21 Å². The molecule has 2 aliphatic rings. The van der Waals surface area contributed by atoms with Crippen molar-refractivity contribution in [3.05, 3.63) is 29.3 Å². The van der Waals surface area contributed by atoms with Gasteiger partial charge in [-0.2, -0.15) is 5.10 Å². The molecule has 0 spiro atoms. The summed E-state index contributed by atoms with van der Waals surface area (Å²) in [5, 5.41) is 4.35. The van der Waals surface area contributed by atoms with Gasteiger partial charge in [0.25, 0.3) is 0 Å². The van der Waals surface area contributed by atoms with E-state index >= 15 is 0 Å². The number of benzene rings is 1. The van der Waals surface area contributed by atoms with Crippen molar-refractivity contribution < 1.29 is 0 Å². The molecule has 0 saturated heterocycles. The molecular formula is C11H12N2S. The van der Waals surface area contributed by atoms with Crippen molar-refractivity contribution in [1.29, 1.82) is 0 Å². The fourth-order valence-corrected chi connectivity index (χ4v) is 2.87. The van der Waals surface area contributed by atoms with Gasteiger partial charge in [-0.1, -0.05) is 12.1 Å². The number of rotatable bonds is 1. The Bertz CT molecular complexity index is 387. The number of hydrogen-bond donors (Lipinski definition) is 0. The van der Waals surface area contributed by atoms with Crippen molar-refractivity contribution in [1.82, 2.24) is 0 Å². The molecule has 0 radical (unpaired) electrons. The number of fused-ring (bicyclic) bond motifs is 1. The van der Waals surface area contributed by atoms with Gasteiger partial charge in [-0.15, -0.1) is 0 Å². The van der Waals surface area contributed by atoms with Crippen molar-refractivity contribution in [3.8, 4) is 0 Å². The maximum absolute atomic E-state index is 4.35. The Kier molecular flexibility index (Phi) is 1.98. The molecule has 3 rings (SSSR count). The Labute approximate surface area is 88.1 Å². The van der Waals surface area contributed by atoms with Gasteiger partial charge in [0.15, 0.2) is 0 Å². The summed E-state index contributed by atoms with van der Waals surface area (Å²) in [7, 11) is 0. The molecule has 0 fully saturated rings. The van der Waals surface area contributed by atoms with Gasteiger partial charge in [-0.05, 0) is 48.4 Å². The van der Waals surface area contributed by atoms with Crippen LogP contribution in [0.4, 0.5) is 5.69 Å². The van der Waals surface area contributed by atoms with Crippen LogP contribution in [0.2, 0.25) is 0 Å². The molecule has 14 heavy (non-hydrogen) atoms. The lowest BCUT2D eigenvalue weighted by molar-refractivity contribution is 0.911. The zero-order valence-corrected chi connectivity index (χ0v) is 8.76. The Morgan fingerprint density at radius 1 is 1.29 bits per heavy atom. The third-order valence-electron chi connectivity index (χ3n) is 2.79. The van der Waals surface area contributed by atoms with E-state index in [-0.39, 0.29) is 0 Å². The zero-order valence-electron chi connectivity index (χ0n) is 7.94. The lowest BCUT2D eigenvalue weighted by Gasteiger charge is -2.15. The van der Waals surface area contributed by atoms with Gasteiger partial charge >= 0.3 is 0 Å². The van der Waals surface area contributed by atoms with Gasteiger partial charge in [0.05, 0.1) is 11.4 Å². The molecule has 0 amide bonds. The second-order valence-electron chi connectivity index (χ2n) is 3.64. The Balaban J connectivity index is 2.05. The van der Waals surface area contributed by atoms with Gasteiger partial charge in [0.1, 0.15) is 0 Å². The quantitative estimate of drug-likeness (QED) is 0.653. The summed E-state index contributed by atoms with van der Waals surface area (Å²) in [5.41, 5.74) is 4.34. The molecule has 1 aromatic carbocycles. The van der Waals surface area contributed by atoms with E-state index in [2.05, 4.69) is 27.7 Å². The molecule has 2 nitrogen and oxygen atoms in total. The molecule has 1 aliphatic heterocycles. The van der Waals surface area contributed by atoms with E-state index in [1.807, 2.05) is 6.21 Å². The Hall–Kier alpha value is -0.960. The van der Waals surface area contributed by atoms with Crippen molar-refractivity contribution >= 4 is 23.8 Å².